The van der Waals surface area contributed by atoms with Crippen molar-refractivity contribution in [2.75, 3.05) is 0 Å². The minimum atomic E-state index is 0.0857. The second-order valence-electron chi connectivity index (χ2n) is 5.66. The maximum Gasteiger partial charge on any atom is 0.163 e. The highest BCUT2D eigenvalue weighted by molar-refractivity contribution is 5.97. The van der Waals surface area contributed by atoms with Crippen LogP contribution in [-0.4, -0.2) is 11.9 Å². The molecule has 0 amide bonds. The molecule has 2 rings (SSSR count). The summed E-state index contributed by atoms with van der Waals surface area (Å²) in [7, 11) is 0. The van der Waals surface area contributed by atoms with E-state index in [9.17, 15) is 4.79 Å². The Morgan fingerprint density at radius 2 is 2.05 bits per heavy atom. The molecule has 0 bridgehead atoms. The summed E-state index contributed by atoms with van der Waals surface area (Å²) in [6.45, 7) is 5.85. The van der Waals surface area contributed by atoms with Crippen LogP contribution in [0, 0.1) is 12.8 Å². The molecule has 1 aliphatic carbocycles. The van der Waals surface area contributed by atoms with Gasteiger partial charge in [-0.1, -0.05) is 25.0 Å². The molecule has 19 heavy (non-hydrogen) atoms. The van der Waals surface area contributed by atoms with Gasteiger partial charge < -0.3 is 4.74 Å². The number of benzene rings is 1. The highest BCUT2D eigenvalue weighted by Crippen LogP contribution is 2.32. The van der Waals surface area contributed by atoms with Gasteiger partial charge in [0.15, 0.2) is 5.78 Å². The second-order valence-corrected chi connectivity index (χ2v) is 5.66. The molecule has 1 saturated carbocycles. The van der Waals surface area contributed by atoms with Crippen LogP contribution in [0.15, 0.2) is 18.2 Å². The molecule has 1 aliphatic rings. The quantitative estimate of drug-likeness (QED) is 0.743. The van der Waals surface area contributed by atoms with Gasteiger partial charge in [-0.25, -0.2) is 0 Å². The van der Waals surface area contributed by atoms with E-state index in [-0.39, 0.29) is 11.9 Å². The summed E-state index contributed by atoms with van der Waals surface area (Å²) >= 11 is 0. The molecule has 0 N–H and O–H groups in total. The number of ether oxygens (including phenoxy) is 1. The third-order valence-electron chi connectivity index (χ3n) is 4.16. The first-order valence-electron chi connectivity index (χ1n) is 7.40. The largest absolute Gasteiger partial charge is 0.489 e. The zero-order valence-electron chi connectivity index (χ0n) is 12.2. The molecule has 0 aliphatic heterocycles. The Morgan fingerprint density at radius 3 is 2.74 bits per heavy atom. The Labute approximate surface area is 116 Å². The zero-order valence-corrected chi connectivity index (χ0v) is 12.2. The molecule has 1 aromatic carbocycles. The SMILES string of the molecule is CCC1CCCCC1Oc1ccc(C)cc1C(C)=O. The maximum atomic E-state index is 11.7. The third kappa shape index (κ3) is 3.37. The van der Waals surface area contributed by atoms with Gasteiger partial charge in [0.1, 0.15) is 11.9 Å². The maximum absolute atomic E-state index is 11.7. The highest BCUT2D eigenvalue weighted by atomic mass is 16.5. The monoisotopic (exact) mass is 260 g/mol. The summed E-state index contributed by atoms with van der Waals surface area (Å²) in [6, 6.07) is 5.90. The first-order chi connectivity index (χ1) is 9.11. The van der Waals surface area contributed by atoms with Crippen LogP contribution in [0.5, 0.6) is 5.75 Å². The average molecular weight is 260 g/mol. The minimum absolute atomic E-state index is 0.0857. The van der Waals surface area contributed by atoms with Gasteiger partial charge in [-0.15, -0.1) is 0 Å². The molecule has 104 valence electrons. The van der Waals surface area contributed by atoms with E-state index < -0.39 is 0 Å². The van der Waals surface area contributed by atoms with Crippen molar-refractivity contribution < 1.29 is 9.53 Å². The van der Waals surface area contributed by atoms with Crippen LogP contribution < -0.4 is 4.74 Å². The molecule has 2 unspecified atom stereocenters. The summed E-state index contributed by atoms with van der Waals surface area (Å²) in [5.41, 5.74) is 1.83. The molecular formula is C17H24O2. The number of hydrogen-bond acceptors (Lipinski definition) is 2. The molecule has 0 radical (unpaired) electrons. The highest BCUT2D eigenvalue weighted by Gasteiger charge is 2.26. The van der Waals surface area contributed by atoms with Crippen LogP contribution in [0.25, 0.3) is 0 Å². The number of ketones is 1. The Bertz CT molecular complexity index is 451. The van der Waals surface area contributed by atoms with Crippen LogP contribution in [0.2, 0.25) is 0 Å². The van der Waals surface area contributed by atoms with Crippen LogP contribution in [0.1, 0.15) is 61.9 Å². The van der Waals surface area contributed by atoms with E-state index in [0.717, 1.165) is 29.7 Å². The summed E-state index contributed by atoms with van der Waals surface area (Å²) in [5.74, 6) is 1.49. The van der Waals surface area contributed by atoms with Crippen molar-refractivity contribution in [2.24, 2.45) is 5.92 Å². The summed E-state index contributed by atoms with van der Waals surface area (Å²) in [5, 5.41) is 0. The first-order valence-corrected chi connectivity index (χ1v) is 7.40. The number of carbonyl (C=O) groups excluding carboxylic acids is 1. The molecule has 1 aromatic rings. The van der Waals surface area contributed by atoms with Crippen LogP contribution in [0.4, 0.5) is 0 Å². The lowest BCUT2D eigenvalue weighted by Crippen LogP contribution is -2.30. The van der Waals surface area contributed by atoms with Crippen LogP contribution in [0.3, 0.4) is 0 Å². The minimum Gasteiger partial charge on any atom is -0.489 e. The van der Waals surface area contributed by atoms with Crippen molar-refractivity contribution in [3.63, 3.8) is 0 Å². The van der Waals surface area contributed by atoms with E-state index in [0.29, 0.717) is 5.92 Å². The molecule has 0 spiro atoms. The normalized spacial score (nSPS) is 23.1. The van der Waals surface area contributed by atoms with Crippen molar-refractivity contribution in [3.05, 3.63) is 29.3 Å². The number of aryl methyl sites for hydroxylation is 1. The van der Waals surface area contributed by atoms with Gasteiger partial charge in [-0.2, -0.15) is 0 Å². The Kier molecular flexibility index (Phi) is 4.62. The van der Waals surface area contributed by atoms with Crippen molar-refractivity contribution in [1.82, 2.24) is 0 Å². The molecule has 2 nitrogen and oxygen atoms in total. The fraction of sp³-hybridized carbons (Fsp3) is 0.588. The Balaban J connectivity index is 2.20. The fourth-order valence-corrected chi connectivity index (χ4v) is 2.98. The van der Waals surface area contributed by atoms with Gasteiger partial charge in [0.2, 0.25) is 0 Å². The number of carbonyl (C=O) groups is 1. The van der Waals surface area contributed by atoms with E-state index in [1.807, 2.05) is 25.1 Å². The summed E-state index contributed by atoms with van der Waals surface area (Å²) < 4.78 is 6.19. The van der Waals surface area contributed by atoms with Gasteiger partial charge in [0.05, 0.1) is 5.56 Å². The lowest BCUT2D eigenvalue weighted by atomic mass is 9.84. The Morgan fingerprint density at radius 1 is 1.32 bits per heavy atom. The first kappa shape index (κ1) is 14.1. The lowest BCUT2D eigenvalue weighted by Gasteiger charge is -2.31. The average Bonchev–Trinajstić information content (AvgIpc) is 2.41. The lowest BCUT2D eigenvalue weighted by molar-refractivity contribution is 0.0866. The fourth-order valence-electron chi connectivity index (χ4n) is 2.98. The topological polar surface area (TPSA) is 26.3 Å². The number of rotatable bonds is 4. The van der Waals surface area contributed by atoms with Crippen molar-refractivity contribution >= 4 is 5.78 Å². The van der Waals surface area contributed by atoms with Gasteiger partial charge in [0.25, 0.3) is 0 Å². The molecule has 1 fully saturated rings. The number of Topliss-reactive ketones (excluding diaryl/α,β-unsaturated/α-hetero) is 1. The van der Waals surface area contributed by atoms with Gasteiger partial charge in [0, 0.05) is 0 Å². The molecule has 0 saturated heterocycles. The Hall–Kier alpha value is -1.31. The molecule has 0 heterocycles. The van der Waals surface area contributed by atoms with E-state index in [2.05, 4.69) is 6.92 Å². The molecule has 0 aromatic heterocycles. The molecular weight excluding hydrogens is 236 g/mol. The van der Waals surface area contributed by atoms with Crippen LogP contribution in [-0.2, 0) is 0 Å². The van der Waals surface area contributed by atoms with E-state index in [1.54, 1.807) is 6.92 Å². The van der Waals surface area contributed by atoms with Gasteiger partial charge in [-0.3, -0.25) is 4.79 Å². The zero-order chi connectivity index (χ0) is 13.8. The van der Waals surface area contributed by atoms with E-state index in [4.69, 9.17) is 4.74 Å². The number of hydrogen-bond donors (Lipinski definition) is 0. The van der Waals surface area contributed by atoms with Gasteiger partial charge in [-0.05, 0) is 57.6 Å². The van der Waals surface area contributed by atoms with E-state index in [1.165, 1.54) is 19.3 Å². The summed E-state index contributed by atoms with van der Waals surface area (Å²) in [4.78, 5) is 11.7. The summed E-state index contributed by atoms with van der Waals surface area (Å²) in [6.07, 6.45) is 6.35. The molecule has 2 atom stereocenters. The smallest absolute Gasteiger partial charge is 0.163 e. The standard InChI is InChI=1S/C17H24O2/c1-4-14-7-5-6-8-16(14)19-17-10-9-12(2)11-15(17)13(3)18/h9-11,14,16H,4-8H2,1-3H3. The van der Waals surface area contributed by atoms with Crippen molar-refractivity contribution in [1.29, 1.82) is 0 Å². The van der Waals surface area contributed by atoms with Gasteiger partial charge >= 0.3 is 0 Å². The van der Waals surface area contributed by atoms with E-state index >= 15 is 0 Å². The third-order valence-corrected chi connectivity index (χ3v) is 4.16. The van der Waals surface area contributed by atoms with Crippen LogP contribution >= 0.6 is 0 Å². The second kappa shape index (κ2) is 6.23. The predicted molar refractivity (Wildman–Crippen MR) is 77.8 cm³/mol. The molecule has 2 heteroatoms. The van der Waals surface area contributed by atoms with Crippen molar-refractivity contribution in [2.45, 2.75) is 59.0 Å². The van der Waals surface area contributed by atoms with Crippen molar-refractivity contribution in [3.8, 4) is 5.75 Å². The predicted octanol–water partition coefficient (Wildman–Crippen LogP) is 4.55.